The number of ether oxygens (including phenoxy) is 1. The molecule has 0 aliphatic carbocycles. The minimum Gasteiger partial charge on any atom is -0.494 e. The number of hydrogen-bond acceptors (Lipinski definition) is 5. The average molecular weight is 417 g/mol. The highest BCUT2D eigenvalue weighted by Gasteiger charge is 2.24. The van der Waals surface area contributed by atoms with Crippen LogP contribution in [-0.4, -0.2) is 28.6 Å². The molecule has 8 nitrogen and oxygen atoms in total. The molecule has 0 saturated heterocycles. The standard InChI is InChI=1S/C22H32N4O4/c1-4-5-13-25-20(23)19(21(28)24-22(25)29)26(15-16(2)3)18(27)12-9-14-30-17-10-7-6-8-11-17/h6-8,10-11,16H,4-5,9,12-15,23H2,1-3H3,(H,24,28,29). The lowest BCUT2D eigenvalue weighted by molar-refractivity contribution is -0.119. The molecule has 0 aliphatic heterocycles. The van der Waals surface area contributed by atoms with Crippen LogP contribution in [0.1, 0.15) is 46.5 Å². The van der Waals surface area contributed by atoms with Crippen molar-refractivity contribution in [3.63, 3.8) is 0 Å². The fraction of sp³-hybridized carbons (Fsp3) is 0.500. The maximum Gasteiger partial charge on any atom is 0.330 e. The molecule has 1 aromatic carbocycles. The third-order valence-corrected chi connectivity index (χ3v) is 4.61. The van der Waals surface area contributed by atoms with Gasteiger partial charge in [-0.3, -0.25) is 19.1 Å². The summed E-state index contributed by atoms with van der Waals surface area (Å²) in [7, 11) is 0. The van der Waals surface area contributed by atoms with Crippen LogP contribution in [0.5, 0.6) is 5.75 Å². The third kappa shape index (κ3) is 6.23. The van der Waals surface area contributed by atoms with Crippen molar-refractivity contribution in [3.8, 4) is 5.75 Å². The first-order valence-corrected chi connectivity index (χ1v) is 10.5. The highest BCUT2D eigenvalue weighted by atomic mass is 16.5. The predicted octanol–water partition coefficient (Wildman–Crippen LogP) is 2.77. The van der Waals surface area contributed by atoms with Gasteiger partial charge in [-0.1, -0.05) is 45.4 Å². The van der Waals surface area contributed by atoms with Crippen LogP contribution < -0.4 is 26.6 Å². The van der Waals surface area contributed by atoms with Crippen molar-refractivity contribution < 1.29 is 9.53 Å². The second-order valence-electron chi connectivity index (χ2n) is 7.66. The summed E-state index contributed by atoms with van der Waals surface area (Å²) < 4.78 is 6.97. The number of carbonyl (C=O) groups excluding carboxylic acids is 1. The van der Waals surface area contributed by atoms with E-state index in [9.17, 15) is 14.4 Å². The minimum absolute atomic E-state index is 0.0340. The molecule has 0 saturated carbocycles. The van der Waals surface area contributed by atoms with Crippen molar-refractivity contribution >= 4 is 17.4 Å². The molecule has 2 rings (SSSR count). The van der Waals surface area contributed by atoms with Gasteiger partial charge in [0, 0.05) is 19.5 Å². The molecule has 0 unspecified atom stereocenters. The van der Waals surface area contributed by atoms with Crippen LogP contribution in [-0.2, 0) is 11.3 Å². The number of unbranched alkanes of at least 4 members (excludes halogenated alkanes) is 1. The Labute approximate surface area is 176 Å². The van der Waals surface area contributed by atoms with Gasteiger partial charge in [-0.15, -0.1) is 0 Å². The Morgan fingerprint density at radius 3 is 2.53 bits per heavy atom. The molecular weight excluding hydrogens is 384 g/mol. The molecule has 0 bridgehead atoms. The van der Waals surface area contributed by atoms with Crippen LogP contribution in [0.4, 0.5) is 11.5 Å². The zero-order chi connectivity index (χ0) is 22.1. The van der Waals surface area contributed by atoms with Gasteiger partial charge in [-0.05, 0) is 30.9 Å². The van der Waals surface area contributed by atoms with Crippen molar-refractivity contribution in [1.29, 1.82) is 0 Å². The second kappa shape index (κ2) is 11.2. The Kier molecular flexibility index (Phi) is 8.70. The summed E-state index contributed by atoms with van der Waals surface area (Å²) in [6, 6.07) is 9.38. The van der Waals surface area contributed by atoms with Crippen molar-refractivity contribution in [2.45, 2.75) is 53.0 Å². The van der Waals surface area contributed by atoms with Crippen LogP contribution in [0.25, 0.3) is 0 Å². The maximum atomic E-state index is 13.0. The van der Waals surface area contributed by atoms with E-state index in [2.05, 4.69) is 4.98 Å². The lowest BCUT2D eigenvalue weighted by Crippen LogP contribution is -2.42. The van der Waals surface area contributed by atoms with E-state index >= 15 is 0 Å². The summed E-state index contributed by atoms with van der Waals surface area (Å²) in [6.45, 7) is 7.01. The number of carbonyl (C=O) groups is 1. The molecule has 0 fully saturated rings. The van der Waals surface area contributed by atoms with Crippen molar-refractivity contribution in [2.24, 2.45) is 5.92 Å². The van der Waals surface area contributed by atoms with Crippen LogP contribution in [0.15, 0.2) is 39.9 Å². The van der Waals surface area contributed by atoms with E-state index in [1.807, 2.05) is 51.1 Å². The summed E-state index contributed by atoms with van der Waals surface area (Å²) in [5.41, 5.74) is 5.05. The number of aromatic nitrogens is 2. The number of nitrogens with two attached hydrogens (primary N) is 1. The van der Waals surface area contributed by atoms with E-state index in [0.29, 0.717) is 26.1 Å². The monoisotopic (exact) mass is 416 g/mol. The molecule has 30 heavy (non-hydrogen) atoms. The maximum absolute atomic E-state index is 13.0. The number of nitrogens with one attached hydrogen (secondary N) is 1. The van der Waals surface area contributed by atoms with Crippen LogP contribution in [0.3, 0.4) is 0 Å². The lowest BCUT2D eigenvalue weighted by Gasteiger charge is -2.26. The fourth-order valence-corrected chi connectivity index (χ4v) is 3.12. The average Bonchev–Trinajstić information content (AvgIpc) is 2.70. The summed E-state index contributed by atoms with van der Waals surface area (Å²) in [4.78, 5) is 41.4. The van der Waals surface area contributed by atoms with Crippen molar-refractivity contribution in [1.82, 2.24) is 9.55 Å². The number of H-pyrrole nitrogens is 1. The van der Waals surface area contributed by atoms with Crippen LogP contribution in [0.2, 0.25) is 0 Å². The van der Waals surface area contributed by atoms with Gasteiger partial charge < -0.3 is 15.4 Å². The molecule has 0 radical (unpaired) electrons. The first-order chi connectivity index (χ1) is 14.3. The van der Waals surface area contributed by atoms with Crippen molar-refractivity contribution in [3.05, 3.63) is 51.2 Å². The Hall–Kier alpha value is -3.03. The minimum atomic E-state index is -0.639. The first-order valence-electron chi connectivity index (χ1n) is 10.5. The predicted molar refractivity (Wildman–Crippen MR) is 119 cm³/mol. The Morgan fingerprint density at radius 1 is 1.20 bits per heavy atom. The third-order valence-electron chi connectivity index (χ3n) is 4.61. The number of nitrogen functional groups attached to an aromatic ring is 1. The van der Waals surface area contributed by atoms with E-state index in [-0.39, 0.29) is 29.8 Å². The Morgan fingerprint density at radius 2 is 1.90 bits per heavy atom. The molecule has 3 N–H and O–H groups in total. The van der Waals surface area contributed by atoms with E-state index in [0.717, 1.165) is 18.6 Å². The quantitative estimate of drug-likeness (QED) is 0.547. The molecule has 0 spiro atoms. The number of amides is 1. The molecule has 0 atom stereocenters. The number of benzene rings is 1. The Balaban J connectivity index is 2.19. The van der Waals surface area contributed by atoms with E-state index in [1.165, 1.54) is 9.47 Å². The molecule has 1 aromatic heterocycles. The summed E-state index contributed by atoms with van der Waals surface area (Å²) in [5, 5.41) is 0. The molecule has 1 heterocycles. The number of para-hydroxylation sites is 1. The van der Waals surface area contributed by atoms with Gasteiger partial charge in [0.2, 0.25) is 5.91 Å². The van der Waals surface area contributed by atoms with Gasteiger partial charge in [-0.2, -0.15) is 0 Å². The molecular formula is C22H32N4O4. The molecule has 0 aliphatic rings. The number of anilines is 2. The number of nitrogens with zero attached hydrogens (tertiary/aromatic N) is 2. The van der Waals surface area contributed by atoms with E-state index < -0.39 is 11.2 Å². The van der Waals surface area contributed by atoms with Gasteiger partial charge in [0.15, 0.2) is 5.69 Å². The molecule has 8 heteroatoms. The first kappa shape index (κ1) is 23.3. The van der Waals surface area contributed by atoms with E-state index in [1.54, 1.807) is 0 Å². The fourth-order valence-electron chi connectivity index (χ4n) is 3.12. The summed E-state index contributed by atoms with van der Waals surface area (Å²) in [6.07, 6.45) is 2.31. The highest BCUT2D eigenvalue weighted by molar-refractivity contribution is 5.95. The van der Waals surface area contributed by atoms with Gasteiger partial charge >= 0.3 is 5.69 Å². The zero-order valence-corrected chi connectivity index (χ0v) is 18.0. The summed E-state index contributed by atoms with van der Waals surface area (Å²) >= 11 is 0. The zero-order valence-electron chi connectivity index (χ0n) is 18.0. The smallest absolute Gasteiger partial charge is 0.330 e. The number of hydrogen-bond donors (Lipinski definition) is 2. The van der Waals surface area contributed by atoms with Gasteiger partial charge in [0.05, 0.1) is 6.61 Å². The van der Waals surface area contributed by atoms with Gasteiger partial charge in [0.1, 0.15) is 11.6 Å². The molecule has 164 valence electrons. The largest absolute Gasteiger partial charge is 0.494 e. The van der Waals surface area contributed by atoms with Crippen LogP contribution >= 0.6 is 0 Å². The molecule has 1 amide bonds. The SMILES string of the molecule is CCCCn1c(N)c(N(CC(C)C)C(=O)CCCOc2ccccc2)c(=O)[nH]c1=O. The van der Waals surface area contributed by atoms with Crippen molar-refractivity contribution in [2.75, 3.05) is 23.8 Å². The van der Waals surface area contributed by atoms with E-state index in [4.69, 9.17) is 10.5 Å². The van der Waals surface area contributed by atoms with Gasteiger partial charge in [0.25, 0.3) is 5.56 Å². The number of aromatic amines is 1. The topological polar surface area (TPSA) is 110 Å². The summed E-state index contributed by atoms with van der Waals surface area (Å²) in [5.74, 6) is 0.669. The second-order valence-corrected chi connectivity index (χ2v) is 7.66. The normalized spacial score (nSPS) is 10.9. The lowest BCUT2D eigenvalue weighted by atomic mass is 10.1. The highest BCUT2D eigenvalue weighted by Crippen LogP contribution is 2.20. The van der Waals surface area contributed by atoms with Crippen LogP contribution in [0, 0.1) is 5.92 Å². The Bertz CT molecular complexity index is 934. The molecule has 2 aromatic rings. The van der Waals surface area contributed by atoms with Gasteiger partial charge in [-0.25, -0.2) is 4.79 Å². The number of rotatable bonds is 11.